The van der Waals surface area contributed by atoms with E-state index in [1.807, 2.05) is 29.2 Å². The smallest absolute Gasteiger partial charge is 0.227 e. The second-order valence-electron chi connectivity index (χ2n) is 6.52. The van der Waals surface area contributed by atoms with Crippen molar-refractivity contribution >= 4 is 28.8 Å². The summed E-state index contributed by atoms with van der Waals surface area (Å²) in [5, 5.41) is 5.06. The standard InChI is InChI=1S/C19H20N2O2S/c22-18(21-9-7-17-15(12-21)8-10-24-17)6-5-14-11-13-3-1-2-4-16(13)20-19(14)23/h1-4,8,10,14H,5-7,9,11-12H2,(H,20,23). The first kappa shape index (κ1) is 15.4. The van der Waals surface area contributed by atoms with Gasteiger partial charge in [0.15, 0.2) is 0 Å². The van der Waals surface area contributed by atoms with E-state index in [0.29, 0.717) is 12.8 Å². The van der Waals surface area contributed by atoms with Gasteiger partial charge in [0.1, 0.15) is 0 Å². The minimum Gasteiger partial charge on any atom is -0.338 e. The number of hydrogen-bond donors (Lipinski definition) is 1. The number of para-hydroxylation sites is 1. The highest BCUT2D eigenvalue weighted by atomic mass is 32.1. The third-order valence-corrected chi connectivity index (χ3v) is 6.00. The fourth-order valence-electron chi connectivity index (χ4n) is 3.56. The Balaban J connectivity index is 1.35. The number of carbonyl (C=O) groups excluding carboxylic acids is 2. The first-order chi connectivity index (χ1) is 11.7. The summed E-state index contributed by atoms with van der Waals surface area (Å²) in [5.74, 6) is 0.101. The predicted molar refractivity (Wildman–Crippen MR) is 94.9 cm³/mol. The molecule has 4 nitrogen and oxygen atoms in total. The lowest BCUT2D eigenvalue weighted by Crippen LogP contribution is -2.36. The van der Waals surface area contributed by atoms with Gasteiger partial charge in [0.05, 0.1) is 0 Å². The third-order valence-electron chi connectivity index (χ3n) is 4.98. The Morgan fingerprint density at radius 3 is 3.04 bits per heavy atom. The average Bonchev–Trinajstić information content (AvgIpc) is 3.07. The molecule has 0 saturated carbocycles. The number of carbonyl (C=O) groups is 2. The van der Waals surface area contributed by atoms with E-state index in [2.05, 4.69) is 16.8 Å². The molecule has 5 heteroatoms. The van der Waals surface area contributed by atoms with Crippen molar-refractivity contribution in [1.82, 2.24) is 4.90 Å². The van der Waals surface area contributed by atoms with Gasteiger partial charge in [0, 0.05) is 36.0 Å². The average molecular weight is 340 g/mol. The van der Waals surface area contributed by atoms with Gasteiger partial charge >= 0.3 is 0 Å². The maximum absolute atomic E-state index is 12.5. The van der Waals surface area contributed by atoms with Crippen LogP contribution in [0.5, 0.6) is 0 Å². The number of nitrogens with zero attached hydrogens (tertiary/aromatic N) is 1. The fourth-order valence-corrected chi connectivity index (χ4v) is 4.45. The summed E-state index contributed by atoms with van der Waals surface area (Å²) in [4.78, 5) is 28.1. The number of thiophene rings is 1. The minimum absolute atomic E-state index is 0.0419. The predicted octanol–water partition coefficient (Wildman–Crippen LogP) is 3.22. The Hall–Kier alpha value is -2.14. The monoisotopic (exact) mass is 340 g/mol. The van der Waals surface area contributed by atoms with Crippen LogP contribution in [0.4, 0.5) is 5.69 Å². The van der Waals surface area contributed by atoms with E-state index in [9.17, 15) is 9.59 Å². The van der Waals surface area contributed by atoms with Crippen LogP contribution in [0.1, 0.15) is 28.8 Å². The highest BCUT2D eigenvalue weighted by Crippen LogP contribution is 2.28. The summed E-state index contributed by atoms with van der Waals surface area (Å²) >= 11 is 1.78. The molecular formula is C19H20N2O2S. The number of benzene rings is 1. The third kappa shape index (κ3) is 2.96. The molecular weight excluding hydrogens is 320 g/mol. The molecule has 0 spiro atoms. The van der Waals surface area contributed by atoms with Crippen LogP contribution in [-0.4, -0.2) is 23.3 Å². The van der Waals surface area contributed by atoms with Gasteiger partial charge in [-0.1, -0.05) is 18.2 Å². The van der Waals surface area contributed by atoms with Crippen molar-refractivity contribution in [2.45, 2.75) is 32.2 Å². The summed E-state index contributed by atoms with van der Waals surface area (Å²) in [5.41, 5.74) is 3.35. The number of rotatable bonds is 3. The van der Waals surface area contributed by atoms with E-state index in [0.717, 1.165) is 37.2 Å². The molecule has 1 atom stereocenters. The molecule has 1 aromatic heterocycles. The first-order valence-corrected chi connectivity index (χ1v) is 9.30. The fraction of sp³-hybridized carbons (Fsp3) is 0.368. The van der Waals surface area contributed by atoms with Crippen molar-refractivity contribution < 1.29 is 9.59 Å². The molecule has 2 aliphatic heterocycles. The molecule has 1 unspecified atom stereocenters. The van der Waals surface area contributed by atoms with Crippen molar-refractivity contribution in [3.63, 3.8) is 0 Å². The van der Waals surface area contributed by atoms with Gasteiger partial charge in [-0.05, 0) is 47.9 Å². The van der Waals surface area contributed by atoms with Crippen molar-refractivity contribution in [3.05, 3.63) is 51.7 Å². The Kier molecular flexibility index (Phi) is 4.10. The lowest BCUT2D eigenvalue weighted by molar-refractivity contribution is -0.132. The number of nitrogens with one attached hydrogen (secondary N) is 1. The van der Waals surface area contributed by atoms with Crippen LogP contribution in [0.25, 0.3) is 0 Å². The van der Waals surface area contributed by atoms with E-state index >= 15 is 0 Å². The molecule has 24 heavy (non-hydrogen) atoms. The second-order valence-corrected chi connectivity index (χ2v) is 7.52. The second kappa shape index (κ2) is 6.40. The largest absolute Gasteiger partial charge is 0.338 e. The summed E-state index contributed by atoms with van der Waals surface area (Å²) in [6.45, 7) is 1.52. The molecule has 124 valence electrons. The zero-order chi connectivity index (χ0) is 16.5. The molecule has 0 saturated heterocycles. The zero-order valence-electron chi connectivity index (χ0n) is 13.5. The molecule has 1 aromatic carbocycles. The molecule has 1 N–H and O–H groups in total. The zero-order valence-corrected chi connectivity index (χ0v) is 14.3. The SMILES string of the molecule is O=C1Nc2ccccc2CC1CCC(=O)N1CCc2sccc2C1. The van der Waals surface area contributed by atoms with Crippen LogP contribution in [0, 0.1) is 5.92 Å². The summed E-state index contributed by atoms with van der Waals surface area (Å²) < 4.78 is 0. The van der Waals surface area contributed by atoms with Crippen LogP contribution >= 0.6 is 11.3 Å². The maximum atomic E-state index is 12.5. The van der Waals surface area contributed by atoms with E-state index in [4.69, 9.17) is 0 Å². The molecule has 2 amide bonds. The highest BCUT2D eigenvalue weighted by molar-refractivity contribution is 7.10. The summed E-state index contributed by atoms with van der Waals surface area (Å²) in [6.07, 6.45) is 2.74. The van der Waals surface area contributed by atoms with Crippen LogP contribution in [0.15, 0.2) is 35.7 Å². The molecule has 2 aliphatic rings. The van der Waals surface area contributed by atoms with Crippen LogP contribution in [0.3, 0.4) is 0 Å². The van der Waals surface area contributed by atoms with E-state index < -0.39 is 0 Å². The van der Waals surface area contributed by atoms with Crippen molar-refractivity contribution in [3.8, 4) is 0 Å². The van der Waals surface area contributed by atoms with Gasteiger partial charge in [-0.3, -0.25) is 9.59 Å². The molecule has 0 fully saturated rings. The number of anilines is 1. The van der Waals surface area contributed by atoms with E-state index in [1.54, 1.807) is 11.3 Å². The van der Waals surface area contributed by atoms with E-state index in [-0.39, 0.29) is 17.7 Å². The van der Waals surface area contributed by atoms with Gasteiger partial charge < -0.3 is 10.2 Å². The summed E-state index contributed by atoms with van der Waals surface area (Å²) in [7, 11) is 0. The number of hydrogen-bond acceptors (Lipinski definition) is 3. The van der Waals surface area contributed by atoms with Gasteiger partial charge in [0.2, 0.25) is 11.8 Å². The Bertz CT molecular complexity index is 783. The minimum atomic E-state index is -0.106. The van der Waals surface area contributed by atoms with Gasteiger partial charge in [-0.25, -0.2) is 0 Å². The first-order valence-electron chi connectivity index (χ1n) is 8.42. The van der Waals surface area contributed by atoms with Crippen LogP contribution in [-0.2, 0) is 29.0 Å². The van der Waals surface area contributed by atoms with Crippen molar-refractivity contribution in [1.29, 1.82) is 0 Å². The summed E-state index contributed by atoms with van der Waals surface area (Å²) in [6, 6.07) is 10.0. The van der Waals surface area contributed by atoms with Crippen molar-refractivity contribution in [2.24, 2.45) is 5.92 Å². The Morgan fingerprint density at radius 2 is 2.12 bits per heavy atom. The lowest BCUT2D eigenvalue weighted by Gasteiger charge is -2.28. The van der Waals surface area contributed by atoms with Crippen LogP contribution < -0.4 is 5.32 Å². The van der Waals surface area contributed by atoms with Gasteiger partial charge in [-0.2, -0.15) is 0 Å². The Labute approximate surface area is 145 Å². The van der Waals surface area contributed by atoms with E-state index in [1.165, 1.54) is 10.4 Å². The number of fused-ring (bicyclic) bond motifs is 2. The maximum Gasteiger partial charge on any atom is 0.227 e. The van der Waals surface area contributed by atoms with Crippen molar-refractivity contribution in [2.75, 3.05) is 11.9 Å². The molecule has 0 aliphatic carbocycles. The number of amides is 2. The van der Waals surface area contributed by atoms with Crippen LogP contribution in [0.2, 0.25) is 0 Å². The molecule has 0 bridgehead atoms. The molecule has 3 heterocycles. The molecule has 4 rings (SSSR count). The highest BCUT2D eigenvalue weighted by Gasteiger charge is 2.28. The normalized spacial score (nSPS) is 19.4. The van der Waals surface area contributed by atoms with Gasteiger partial charge in [0.25, 0.3) is 0 Å². The van der Waals surface area contributed by atoms with Gasteiger partial charge in [-0.15, -0.1) is 11.3 Å². The Morgan fingerprint density at radius 1 is 1.25 bits per heavy atom. The molecule has 2 aromatic rings. The quantitative estimate of drug-likeness (QED) is 0.933. The topological polar surface area (TPSA) is 49.4 Å². The lowest BCUT2D eigenvalue weighted by atomic mass is 9.89. The molecule has 0 radical (unpaired) electrons.